The zero-order valence-electron chi connectivity index (χ0n) is 11.0. The van der Waals surface area contributed by atoms with Crippen LogP contribution < -0.4 is 5.32 Å². The van der Waals surface area contributed by atoms with Crippen LogP contribution in [0.3, 0.4) is 0 Å². The second-order valence-corrected chi connectivity index (χ2v) is 4.75. The van der Waals surface area contributed by atoms with E-state index in [-0.39, 0.29) is 12.1 Å². The first kappa shape index (κ1) is 12.3. The summed E-state index contributed by atoms with van der Waals surface area (Å²) in [7, 11) is 0. The van der Waals surface area contributed by atoms with Gasteiger partial charge in [0.15, 0.2) is 0 Å². The number of hydrogen-bond donors (Lipinski definition) is 1. The molecule has 19 heavy (non-hydrogen) atoms. The van der Waals surface area contributed by atoms with Gasteiger partial charge in [-0.2, -0.15) is 0 Å². The maximum Gasteiger partial charge on any atom is 0.111 e. The smallest absolute Gasteiger partial charge is 0.111 e. The number of aromatic nitrogens is 3. The zero-order chi connectivity index (χ0) is 13.1. The van der Waals surface area contributed by atoms with Gasteiger partial charge in [-0.15, -0.1) is 0 Å². The van der Waals surface area contributed by atoms with Gasteiger partial charge in [0.05, 0.1) is 30.9 Å². The van der Waals surface area contributed by atoms with Crippen LogP contribution in [0.25, 0.3) is 0 Å². The van der Waals surface area contributed by atoms with Crippen LogP contribution in [-0.4, -0.2) is 34.2 Å². The summed E-state index contributed by atoms with van der Waals surface area (Å²) in [6, 6.07) is 4.25. The molecule has 5 nitrogen and oxygen atoms in total. The van der Waals surface area contributed by atoms with Crippen LogP contribution >= 0.6 is 0 Å². The fourth-order valence-corrected chi connectivity index (χ4v) is 2.43. The van der Waals surface area contributed by atoms with Crippen LogP contribution in [0.2, 0.25) is 0 Å². The first-order chi connectivity index (χ1) is 9.36. The molecule has 1 aliphatic rings. The van der Waals surface area contributed by atoms with Crippen molar-refractivity contribution >= 4 is 0 Å². The molecule has 100 valence electrons. The van der Waals surface area contributed by atoms with Gasteiger partial charge in [0.1, 0.15) is 6.10 Å². The fraction of sp³-hybridized carbons (Fsp3) is 0.429. The molecule has 0 aromatic carbocycles. The van der Waals surface area contributed by atoms with E-state index in [1.807, 2.05) is 24.8 Å². The van der Waals surface area contributed by atoms with Gasteiger partial charge in [-0.1, -0.05) is 6.07 Å². The van der Waals surface area contributed by atoms with Crippen molar-refractivity contribution in [2.75, 3.05) is 19.7 Å². The van der Waals surface area contributed by atoms with E-state index in [2.05, 4.69) is 32.8 Å². The Balaban J connectivity index is 1.87. The van der Waals surface area contributed by atoms with E-state index in [0.29, 0.717) is 0 Å². The maximum atomic E-state index is 5.81. The summed E-state index contributed by atoms with van der Waals surface area (Å²) >= 11 is 0. The Hall–Kier alpha value is -1.72. The van der Waals surface area contributed by atoms with Crippen molar-refractivity contribution in [2.24, 2.45) is 0 Å². The molecule has 2 aromatic heterocycles. The molecule has 2 atom stereocenters. The van der Waals surface area contributed by atoms with E-state index in [4.69, 9.17) is 4.74 Å². The molecule has 2 unspecified atom stereocenters. The summed E-state index contributed by atoms with van der Waals surface area (Å²) in [6.45, 7) is 4.66. The number of nitrogens with zero attached hydrogens (tertiary/aromatic N) is 3. The Morgan fingerprint density at radius 1 is 1.42 bits per heavy atom. The Bertz CT molecular complexity index is 519. The average molecular weight is 258 g/mol. The van der Waals surface area contributed by atoms with E-state index < -0.39 is 0 Å². The van der Waals surface area contributed by atoms with Crippen LogP contribution in [-0.2, 0) is 4.74 Å². The number of imidazole rings is 1. The van der Waals surface area contributed by atoms with Crippen molar-refractivity contribution in [2.45, 2.75) is 19.1 Å². The van der Waals surface area contributed by atoms with Gasteiger partial charge < -0.3 is 14.6 Å². The molecule has 3 heterocycles. The summed E-state index contributed by atoms with van der Waals surface area (Å²) < 4.78 is 7.97. The predicted octanol–water partition coefficient (Wildman–Crippen LogP) is 1.55. The molecule has 0 saturated carbocycles. The highest BCUT2D eigenvalue weighted by molar-refractivity contribution is 5.17. The van der Waals surface area contributed by atoms with Crippen LogP contribution in [0.4, 0.5) is 0 Å². The van der Waals surface area contributed by atoms with E-state index in [1.54, 1.807) is 6.20 Å². The highest BCUT2D eigenvalue weighted by Crippen LogP contribution is 2.24. The lowest BCUT2D eigenvalue weighted by molar-refractivity contribution is 0.0224. The molecule has 5 heteroatoms. The van der Waals surface area contributed by atoms with Gasteiger partial charge in [0.25, 0.3) is 0 Å². The summed E-state index contributed by atoms with van der Waals surface area (Å²) in [5, 5.41) is 3.35. The molecule has 0 radical (unpaired) electrons. The minimum atomic E-state index is 0.0790. The molecule has 0 bridgehead atoms. The lowest BCUT2D eigenvalue weighted by atomic mass is 10.1. The van der Waals surface area contributed by atoms with Crippen molar-refractivity contribution in [3.8, 4) is 0 Å². The number of pyridine rings is 1. The highest BCUT2D eigenvalue weighted by atomic mass is 16.5. The molecule has 1 fully saturated rings. The SMILES string of the molecule is CC(c1cccnc1)n1cncc1C1CNCCO1. The number of nitrogens with one attached hydrogen (secondary N) is 1. The van der Waals surface area contributed by atoms with E-state index in [9.17, 15) is 0 Å². The fourth-order valence-electron chi connectivity index (χ4n) is 2.43. The molecule has 0 spiro atoms. The lowest BCUT2D eigenvalue weighted by Crippen LogP contribution is -2.34. The topological polar surface area (TPSA) is 52.0 Å². The van der Waals surface area contributed by atoms with Crippen LogP contribution in [0.1, 0.15) is 30.3 Å². The number of morpholine rings is 1. The molecule has 0 amide bonds. The number of rotatable bonds is 3. The van der Waals surface area contributed by atoms with Crippen molar-refractivity contribution in [3.63, 3.8) is 0 Å². The van der Waals surface area contributed by atoms with Crippen LogP contribution in [0.5, 0.6) is 0 Å². The van der Waals surface area contributed by atoms with E-state index in [0.717, 1.165) is 25.4 Å². The summed E-state index contributed by atoms with van der Waals surface area (Å²) in [6.07, 6.45) is 7.53. The summed E-state index contributed by atoms with van der Waals surface area (Å²) in [4.78, 5) is 8.46. The third-order valence-electron chi connectivity index (χ3n) is 3.54. The Kier molecular flexibility index (Phi) is 3.57. The standard InChI is InChI=1S/C14H18N4O/c1-11(12-3-2-4-15-7-12)18-10-17-8-13(18)14-9-16-5-6-19-14/h2-4,7-8,10-11,14,16H,5-6,9H2,1H3. The minimum absolute atomic E-state index is 0.0790. The third-order valence-corrected chi connectivity index (χ3v) is 3.54. The van der Waals surface area contributed by atoms with Gasteiger partial charge in [0, 0.05) is 25.5 Å². The van der Waals surface area contributed by atoms with E-state index in [1.165, 1.54) is 5.56 Å². The molecule has 0 aliphatic carbocycles. The van der Waals surface area contributed by atoms with Gasteiger partial charge in [-0.3, -0.25) is 4.98 Å². The van der Waals surface area contributed by atoms with Crippen molar-refractivity contribution in [1.29, 1.82) is 0 Å². The highest BCUT2D eigenvalue weighted by Gasteiger charge is 2.22. The van der Waals surface area contributed by atoms with Gasteiger partial charge in [0.2, 0.25) is 0 Å². The minimum Gasteiger partial charge on any atom is -0.369 e. The molecular formula is C14H18N4O. The number of hydrogen-bond acceptors (Lipinski definition) is 4. The van der Waals surface area contributed by atoms with Crippen molar-refractivity contribution < 1.29 is 4.74 Å². The van der Waals surface area contributed by atoms with Crippen LogP contribution in [0.15, 0.2) is 37.1 Å². The summed E-state index contributed by atoms with van der Waals surface area (Å²) in [5.74, 6) is 0. The maximum absolute atomic E-state index is 5.81. The molecule has 1 saturated heterocycles. The second-order valence-electron chi connectivity index (χ2n) is 4.75. The monoisotopic (exact) mass is 258 g/mol. The first-order valence-corrected chi connectivity index (χ1v) is 6.60. The zero-order valence-corrected chi connectivity index (χ0v) is 11.0. The van der Waals surface area contributed by atoms with Crippen molar-refractivity contribution in [3.05, 3.63) is 48.3 Å². The Labute approximate surface area is 112 Å². The predicted molar refractivity (Wildman–Crippen MR) is 71.8 cm³/mol. The van der Waals surface area contributed by atoms with Crippen molar-refractivity contribution in [1.82, 2.24) is 19.9 Å². The first-order valence-electron chi connectivity index (χ1n) is 6.60. The third kappa shape index (κ3) is 2.52. The largest absolute Gasteiger partial charge is 0.369 e. The quantitative estimate of drug-likeness (QED) is 0.907. The lowest BCUT2D eigenvalue weighted by Gasteiger charge is -2.26. The summed E-state index contributed by atoms with van der Waals surface area (Å²) in [5.41, 5.74) is 2.29. The van der Waals surface area contributed by atoms with Gasteiger partial charge in [-0.25, -0.2) is 4.98 Å². The van der Waals surface area contributed by atoms with Crippen LogP contribution in [0, 0.1) is 0 Å². The molecular weight excluding hydrogens is 240 g/mol. The molecule has 1 aliphatic heterocycles. The Morgan fingerprint density at radius 2 is 2.37 bits per heavy atom. The molecule has 3 rings (SSSR count). The second kappa shape index (κ2) is 5.50. The average Bonchev–Trinajstić information content (AvgIpc) is 2.98. The number of ether oxygens (including phenoxy) is 1. The molecule has 1 N–H and O–H groups in total. The van der Waals surface area contributed by atoms with Gasteiger partial charge in [-0.05, 0) is 18.6 Å². The van der Waals surface area contributed by atoms with Gasteiger partial charge >= 0.3 is 0 Å². The Morgan fingerprint density at radius 3 is 3.11 bits per heavy atom. The van der Waals surface area contributed by atoms with E-state index >= 15 is 0 Å². The normalized spacial score (nSPS) is 21.2. The molecule has 2 aromatic rings.